The summed E-state index contributed by atoms with van der Waals surface area (Å²) in [4.78, 5) is 23.5. The third-order valence-corrected chi connectivity index (χ3v) is 7.39. The molecule has 0 radical (unpaired) electrons. The van der Waals surface area contributed by atoms with Gasteiger partial charge in [-0.15, -0.1) is 0 Å². The van der Waals surface area contributed by atoms with E-state index < -0.39 is 4.92 Å². The molecule has 14 nitrogen and oxygen atoms in total. The molecule has 0 saturated heterocycles. The van der Waals surface area contributed by atoms with Crippen molar-refractivity contribution in [1.29, 1.82) is 0 Å². The Kier molecular flexibility index (Phi) is 8.01. The van der Waals surface area contributed by atoms with Crippen LogP contribution in [-0.4, -0.2) is 44.4 Å². The fourth-order valence-corrected chi connectivity index (χ4v) is 4.91. The van der Waals surface area contributed by atoms with Gasteiger partial charge in [0.2, 0.25) is 5.82 Å². The maximum Gasteiger partial charge on any atom is 0.269 e. The first kappa shape index (κ1) is 29.9. The van der Waals surface area contributed by atoms with Gasteiger partial charge in [-0.1, -0.05) is 10.3 Å². The lowest BCUT2D eigenvalue weighted by Crippen LogP contribution is -1.98. The second-order valence-electron chi connectivity index (χ2n) is 10.4. The average Bonchev–Trinajstić information content (AvgIpc) is 3.82. The van der Waals surface area contributed by atoms with E-state index in [0.717, 1.165) is 27.7 Å². The number of fused-ring (bicyclic) bond motifs is 1. The fraction of sp³-hybridized carbons (Fsp3) is 0.0882. The van der Waals surface area contributed by atoms with Crippen molar-refractivity contribution in [3.63, 3.8) is 0 Å². The summed E-state index contributed by atoms with van der Waals surface area (Å²) in [5.74, 6) is 3.60. The number of rotatable bonds is 11. The van der Waals surface area contributed by atoms with Crippen LogP contribution < -0.4 is 19.5 Å². The summed E-state index contributed by atoms with van der Waals surface area (Å²) in [6.07, 6.45) is 1.49. The molecule has 0 unspecified atom stereocenters. The average molecular weight is 644 g/mol. The number of methoxy groups -OCH3 is 2. The molecule has 0 aliphatic carbocycles. The molecule has 3 heterocycles. The van der Waals surface area contributed by atoms with E-state index in [1.165, 1.54) is 18.5 Å². The molecule has 0 aliphatic heterocycles. The van der Waals surface area contributed by atoms with Gasteiger partial charge in [0.15, 0.2) is 23.9 Å². The van der Waals surface area contributed by atoms with E-state index in [0.29, 0.717) is 45.9 Å². The molecular formula is C34H25N7O7. The van der Waals surface area contributed by atoms with E-state index in [-0.39, 0.29) is 18.2 Å². The van der Waals surface area contributed by atoms with Crippen molar-refractivity contribution in [2.24, 2.45) is 0 Å². The number of nitrogens with one attached hydrogen (secondary N) is 1. The molecule has 0 aliphatic rings. The molecular weight excluding hydrogens is 618 g/mol. The third-order valence-electron chi connectivity index (χ3n) is 7.39. The number of non-ortho nitro benzene ring substituents is 1. The van der Waals surface area contributed by atoms with Gasteiger partial charge in [-0.25, -0.2) is 9.97 Å². The van der Waals surface area contributed by atoms with E-state index in [9.17, 15) is 10.1 Å². The Morgan fingerprint density at radius 3 is 2.23 bits per heavy atom. The SMILES string of the molecule is COc1cc2ncnc(Nc3ccc(-c4cc(-c5ccc(OCc6noc(-c7ccc([N+](=O)[O-])cc7)n6)cc5)no4)cc3)c2cc1OC. The van der Waals surface area contributed by atoms with Crippen molar-refractivity contribution in [2.45, 2.75) is 6.61 Å². The molecule has 14 heteroatoms. The maximum absolute atomic E-state index is 10.9. The Balaban J connectivity index is 0.981. The number of ether oxygens (including phenoxy) is 3. The number of aromatic nitrogens is 5. The Hall–Kier alpha value is -6.83. The third kappa shape index (κ3) is 6.17. The predicted octanol–water partition coefficient (Wildman–Crippen LogP) is 7.25. The Labute approximate surface area is 272 Å². The normalized spacial score (nSPS) is 11.0. The Bertz CT molecular complexity index is 2220. The highest BCUT2D eigenvalue weighted by Gasteiger charge is 2.14. The molecule has 0 saturated carbocycles. The smallest absolute Gasteiger partial charge is 0.269 e. The van der Waals surface area contributed by atoms with Crippen LogP contribution in [0.2, 0.25) is 0 Å². The highest BCUT2D eigenvalue weighted by atomic mass is 16.6. The van der Waals surface area contributed by atoms with Crippen LogP contribution in [0.25, 0.3) is 44.9 Å². The molecule has 48 heavy (non-hydrogen) atoms. The van der Waals surface area contributed by atoms with Gasteiger partial charge in [0.05, 0.1) is 24.7 Å². The summed E-state index contributed by atoms with van der Waals surface area (Å²) in [6.45, 7) is 0.0746. The highest BCUT2D eigenvalue weighted by molar-refractivity contribution is 5.93. The minimum atomic E-state index is -0.470. The van der Waals surface area contributed by atoms with Gasteiger partial charge in [0, 0.05) is 52.0 Å². The summed E-state index contributed by atoms with van der Waals surface area (Å²) in [5.41, 5.74) is 4.46. The van der Waals surface area contributed by atoms with E-state index in [2.05, 4.69) is 30.6 Å². The summed E-state index contributed by atoms with van der Waals surface area (Å²) >= 11 is 0. The minimum absolute atomic E-state index is 0.0208. The van der Waals surface area contributed by atoms with Crippen molar-refractivity contribution in [2.75, 3.05) is 19.5 Å². The zero-order valence-corrected chi connectivity index (χ0v) is 25.5. The van der Waals surface area contributed by atoms with E-state index >= 15 is 0 Å². The Morgan fingerprint density at radius 1 is 0.792 bits per heavy atom. The molecule has 1 N–H and O–H groups in total. The van der Waals surface area contributed by atoms with E-state index in [4.69, 9.17) is 23.3 Å². The number of anilines is 2. The molecule has 238 valence electrons. The standard InChI is InChI=1S/C34H25N7O7/c1-44-30-15-26-28(17-31(30)45-2)35-19-36-33(26)37-23-9-3-21(4-10-23)29-16-27(39-47-29)20-7-13-25(14-8-20)46-18-32-38-34(48-40-32)22-5-11-24(12-6-22)41(42)43/h3-17,19H,18H2,1-2H3,(H,35,36,37). The lowest BCUT2D eigenvalue weighted by atomic mass is 10.1. The van der Waals surface area contributed by atoms with Crippen molar-refractivity contribution in [1.82, 2.24) is 25.3 Å². The molecule has 0 amide bonds. The van der Waals surface area contributed by atoms with Crippen LogP contribution in [0.4, 0.5) is 17.2 Å². The van der Waals surface area contributed by atoms with Crippen LogP contribution >= 0.6 is 0 Å². The van der Waals surface area contributed by atoms with Crippen molar-refractivity contribution in [3.8, 4) is 51.3 Å². The molecule has 7 aromatic rings. The van der Waals surface area contributed by atoms with Gasteiger partial charge in [-0.2, -0.15) is 4.98 Å². The van der Waals surface area contributed by atoms with Crippen molar-refractivity contribution in [3.05, 3.63) is 113 Å². The highest BCUT2D eigenvalue weighted by Crippen LogP contribution is 2.35. The lowest BCUT2D eigenvalue weighted by molar-refractivity contribution is -0.384. The zero-order chi connectivity index (χ0) is 33.0. The second kappa shape index (κ2) is 12.9. The largest absolute Gasteiger partial charge is 0.493 e. The molecule has 3 aromatic heterocycles. The number of nitrogens with zero attached hydrogens (tertiary/aromatic N) is 6. The van der Waals surface area contributed by atoms with Crippen molar-refractivity contribution >= 4 is 28.1 Å². The summed E-state index contributed by atoms with van der Waals surface area (Å²) in [5, 5.41) is 23.2. The van der Waals surface area contributed by atoms with Gasteiger partial charge in [0.25, 0.3) is 11.6 Å². The molecule has 7 rings (SSSR count). The van der Waals surface area contributed by atoms with Gasteiger partial charge in [-0.05, 0) is 66.7 Å². The molecule has 4 aromatic carbocycles. The van der Waals surface area contributed by atoms with Crippen LogP contribution in [0.3, 0.4) is 0 Å². The first-order chi connectivity index (χ1) is 23.5. The minimum Gasteiger partial charge on any atom is -0.493 e. The molecule has 0 spiro atoms. The van der Waals surface area contributed by atoms with Gasteiger partial charge < -0.3 is 28.6 Å². The monoisotopic (exact) mass is 643 g/mol. The lowest BCUT2D eigenvalue weighted by Gasteiger charge is -2.12. The number of hydrogen-bond donors (Lipinski definition) is 1. The van der Waals surface area contributed by atoms with Crippen LogP contribution in [0.1, 0.15) is 5.82 Å². The quantitative estimate of drug-likeness (QED) is 0.110. The van der Waals surface area contributed by atoms with Gasteiger partial charge in [-0.3, -0.25) is 10.1 Å². The van der Waals surface area contributed by atoms with Crippen LogP contribution in [0.15, 0.2) is 106 Å². The first-order valence-corrected chi connectivity index (χ1v) is 14.5. The molecule has 0 atom stereocenters. The second-order valence-corrected chi connectivity index (χ2v) is 10.4. The summed E-state index contributed by atoms with van der Waals surface area (Å²) in [6, 6.07) is 26.5. The number of nitro groups is 1. The number of benzene rings is 4. The van der Waals surface area contributed by atoms with Crippen molar-refractivity contribution < 1.29 is 28.2 Å². The number of hydrogen-bond acceptors (Lipinski definition) is 13. The molecule has 0 fully saturated rings. The fourth-order valence-electron chi connectivity index (χ4n) is 4.91. The van der Waals surface area contributed by atoms with Gasteiger partial charge >= 0.3 is 0 Å². The predicted molar refractivity (Wildman–Crippen MR) is 174 cm³/mol. The van der Waals surface area contributed by atoms with E-state index in [1.54, 1.807) is 26.4 Å². The zero-order valence-electron chi connectivity index (χ0n) is 25.5. The topological polar surface area (TPSA) is 174 Å². The molecule has 0 bridgehead atoms. The summed E-state index contributed by atoms with van der Waals surface area (Å²) < 4.78 is 27.6. The van der Waals surface area contributed by atoms with Crippen LogP contribution in [0, 0.1) is 10.1 Å². The van der Waals surface area contributed by atoms with E-state index in [1.807, 2.05) is 66.7 Å². The van der Waals surface area contributed by atoms with Gasteiger partial charge in [0.1, 0.15) is 23.6 Å². The van der Waals surface area contributed by atoms with Crippen LogP contribution in [-0.2, 0) is 6.61 Å². The van der Waals surface area contributed by atoms with Crippen LogP contribution in [0.5, 0.6) is 17.2 Å². The summed E-state index contributed by atoms with van der Waals surface area (Å²) in [7, 11) is 3.17. The number of nitro benzene ring substituents is 1. The Morgan fingerprint density at radius 2 is 1.50 bits per heavy atom. The first-order valence-electron chi connectivity index (χ1n) is 14.5. The maximum atomic E-state index is 10.9.